The number of nitrogens with one attached hydrogen (secondary N) is 1. The molecule has 1 aliphatic heterocycles. The van der Waals surface area contributed by atoms with E-state index in [2.05, 4.69) is 10.2 Å². The van der Waals surface area contributed by atoms with Crippen LogP contribution in [0.25, 0.3) is 0 Å². The molecule has 3 atom stereocenters. The van der Waals surface area contributed by atoms with E-state index < -0.39 is 5.60 Å². The number of aryl methyl sites for hydroxylation is 1. The molecule has 32 heavy (non-hydrogen) atoms. The van der Waals surface area contributed by atoms with Gasteiger partial charge in [0.05, 0.1) is 26.4 Å². The van der Waals surface area contributed by atoms with Crippen LogP contribution < -0.4 is 14.8 Å². The predicted molar refractivity (Wildman–Crippen MR) is 125 cm³/mol. The van der Waals surface area contributed by atoms with Gasteiger partial charge in [-0.25, -0.2) is 0 Å². The number of benzene rings is 2. The molecule has 1 amide bonds. The highest BCUT2D eigenvalue weighted by atomic mass is 16.5. The van der Waals surface area contributed by atoms with E-state index in [1.807, 2.05) is 49.4 Å². The summed E-state index contributed by atoms with van der Waals surface area (Å²) in [5.74, 6) is 1.49. The normalized spacial score (nSPS) is 25.6. The summed E-state index contributed by atoms with van der Waals surface area (Å²) in [6.07, 6.45) is 4.54. The maximum Gasteiger partial charge on any atom is 0.238 e. The Labute approximate surface area is 190 Å². The number of hydrogen-bond donors (Lipinski definition) is 2. The molecule has 172 valence electrons. The molecule has 0 spiro atoms. The van der Waals surface area contributed by atoms with Gasteiger partial charge in [-0.15, -0.1) is 0 Å². The highest BCUT2D eigenvalue weighted by molar-refractivity contribution is 5.92. The molecule has 2 N–H and O–H groups in total. The van der Waals surface area contributed by atoms with Crippen molar-refractivity contribution >= 4 is 11.6 Å². The molecule has 1 heterocycles. The van der Waals surface area contributed by atoms with Crippen LogP contribution in [-0.2, 0) is 4.79 Å². The molecule has 2 aromatic rings. The maximum absolute atomic E-state index is 13.0. The Balaban J connectivity index is 1.64. The third-order valence-electron chi connectivity index (χ3n) is 7.11. The molecular weight excluding hydrogens is 404 g/mol. The smallest absolute Gasteiger partial charge is 0.238 e. The molecule has 1 saturated heterocycles. The minimum Gasteiger partial charge on any atom is -0.497 e. The van der Waals surface area contributed by atoms with Gasteiger partial charge in [-0.05, 0) is 56.5 Å². The average molecular weight is 439 g/mol. The van der Waals surface area contributed by atoms with Gasteiger partial charge in [0.1, 0.15) is 11.5 Å². The SMILES string of the molecule is COc1ccc(OC)c([C@@H]2[C@@H]3CCCC[C@@]3(O)CCN2CC(=O)Nc2ccc(C)cc2)c1. The standard InChI is InChI=1S/C26H34N2O4/c1-18-7-9-19(10-8-18)27-24(29)17-28-15-14-26(30)13-5-4-6-22(26)25(28)21-16-20(31-2)11-12-23(21)32-3/h7-12,16,22,25,30H,4-6,13-15,17H2,1-3H3,(H,27,29)/t22-,25+,26+/m0/s1. The number of carbonyl (C=O) groups is 1. The van der Waals surface area contributed by atoms with Gasteiger partial charge in [-0.3, -0.25) is 9.69 Å². The van der Waals surface area contributed by atoms with E-state index in [0.29, 0.717) is 13.0 Å². The molecule has 0 aromatic heterocycles. The van der Waals surface area contributed by atoms with E-state index in [-0.39, 0.29) is 24.4 Å². The van der Waals surface area contributed by atoms with E-state index in [9.17, 15) is 9.90 Å². The lowest BCUT2D eigenvalue weighted by Crippen LogP contribution is -2.56. The largest absolute Gasteiger partial charge is 0.497 e. The van der Waals surface area contributed by atoms with Crippen LogP contribution in [0.15, 0.2) is 42.5 Å². The van der Waals surface area contributed by atoms with Crippen molar-refractivity contribution in [1.29, 1.82) is 0 Å². The van der Waals surface area contributed by atoms with Gasteiger partial charge in [0.2, 0.25) is 5.91 Å². The minimum atomic E-state index is -0.707. The van der Waals surface area contributed by atoms with Crippen LogP contribution in [-0.4, -0.2) is 48.8 Å². The quantitative estimate of drug-likeness (QED) is 0.703. The van der Waals surface area contributed by atoms with Gasteiger partial charge in [0.25, 0.3) is 0 Å². The lowest BCUT2D eigenvalue weighted by atomic mass is 9.66. The minimum absolute atomic E-state index is 0.0400. The maximum atomic E-state index is 13.0. The molecule has 0 radical (unpaired) electrons. The van der Waals surface area contributed by atoms with Crippen molar-refractivity contribution in [2.24, 2.45) is 5.92 Å². The fraction of sp³-hybridized carbons (Fsp3) is 0.500. The van der Waals surface area contributed by atoms with Gasteiger partial charge in [0, 0.05) is 29.8 Å². The summed E-state index contributed by atoms with van der Waals surface area (Å²) >= 11 is 0. The molecule has 1 aliphatic carbocycles. The second-order valence-electron chi connectivity index (χ2n) is 9.14. The Morgan fingerprint density at radius 3 is 2.62 bits per heavy atom. The molecule has 0 bridgehead atoms. The summed E-state index contributed by atoms with van der Waals surface area (Å²) in [6, 6.07) is 13.5. The summed E-state index contributed by atoms with van der Waals surface area (Å²) in [5, 5.41) is 14.5. The Kier molecular flexibility index (Phi) is 6.72. The molecule has 2 aromatic carbocycles. The number of amides is 1. The number of piperidine rings is 1. The third-order valence-corrected chi connectivity index (χ3v) is 7.11. The number of rotatable bonds is 6. The number of carbonyl (C=O) groups excluding carboxylic acids is 1. The van der Waals surface area contributed by atoms with E-state index in [1.165, 1.54) is 0 Å². The number of likely N-dealkylation sites (tertiary alicyclic amines) is 1. The second kappa shape index (κ2) is 9.51. The lowest BCUT2D eigenvalue weighted by molar-refractivity contribution is -0.135. The van der Waals surface area contributed by atoms with Crippen LogP contribution in [0.5, 0.6) is 11.5 Å². The Morgan fingerprint density at radius 1 is 1.12 bits per heavy atom. The van der Waals surface area contributed by atoms with Crippen molar-refractivity contribution < 1.29 is 19.4 Å². The Bertz CT molecular complexity index is 945. The first-order chi connectivity index (χ1) is 15.4. The highest BCUT2D eigenvalue weighted by Crippen LogP contribution is 2.51. The molecule has 2 fully saturated rings. The zero-order chi connectivity index (χ0) is 22.7. The fourth-order valence-corrected chi connectivity index (χ4v) is 5.43. The van der Waals surface area contributed by atoms with Gasteiger partial charge >= 0.3 is 0 Å². The first kappa shape index (κ1) is 22.6. The number of anilines is 1. The van der Waals surface area contributed by atoms with Crippen LogP contribution >= 0.6 is 0 Å². The molecule has 0 unspecified atom stereocenters. The van der Waals surface area contributed by atoms with E-state index in [1.54, 1.807) is 14.2 Å². The zero-order valence-corrected chi connectivity index (χ0v) is 19.3. The van der Waals surface area contributed by atoms with Gasteiger partial charge in [0.15, 0.2) is 0 Å². The van der Waals surface area contributed by atoms with Gasteiger partial charge < -0.3 is 19.9 Å². The number of aliphatic hydroxyl groups is 1. The van der Waals surface area contributed by atoms with Crippen LogP contribution in [0.2, 0.25) is 0 Å². The summed E-state index contributed by atoms with van der Waals surface area (Å²) in [5.41, 5.74) is 2.21. The molecular formula is C26H34N2O4. The van der Waals surface area contributed by atoms with Crippen LogP contribution in [0.4, 0.5) is 5.69 Å². The Morgan fingerprint density at radius 2 is 1.91 bits per heavy atom. The Hall–Kier alpha value is -2.57. The number of methoxy groups -OCH3 is 2. The zero-order valence-electron chi connectivity index (χ0n) is 19.3. The average Bonchev–Trinajstić information content (AvgIpc) is 2.80. The fourth-order valence-electron chi connectivity index (χ4n) is 5.43. The number of nitrogens with zero attached hydrogens (tertiary/aromatic N) is 1. The molecule has 6 heteroatoms. The first-order valence-electron chi connectivity index (χ1n) is 11.5. The van der Waals surface area contributed by atoms with Crippen molar-refractivity contribution in [2.75, 3.05) is 32.6 Å². The van der Waals surface area contributed by atoms with E-state index >= 15 is 0 Å². The van der Waals surface area contributed by atoms with Crippen molar-refractivity contribution in [3.05, 3.63) is 53.6 Å². The summed E-state index contributed by atoms with van der Waals surface area (Å²) in [6.45, 7) is 2.93. The van der Waals surface area contributed by atoms with Crippen LogP contribution in [0.1, 0.15) is 49.3 Å². The third kappa shape index (κ3) is 4.62. The van der Waals surface area contributed by atoms with Crippen LogP contribution in [0, 0.1) is 12.8 Å². The number of hydrogen-bond acceptors (Lipinski definition) is 5. The monoisotopic (exact) mass is 438 g/mol. The van der Waals surface area contributed by atoms with Crippen molar-refractivity contribution in [1.82, 2.24) is 4.90 Å². The van der Waals surface area contributed by atoms with Crippen molar-refractivity contribution in [2.45, 2.75) is 50.7 Å². The van der Waals surface area contributed by atoms with Gasteiger partial charge in [-0.2, -0.15) is 0 Å². The van der Waals surface area contributed by atoms with Gasteiger partial charge in [-0.1, -0.05) is 30.5 Å². The summed E-state index contributed by atoms with van der Waals surface area (Å²) in [4.78, 5) is 15.2. The van der Waals surface area contributed by atoms with Crippen molar-refractivity contribution in [3.63, 3.8) is 0 Å². The highest BCUT2D eigenvalue weighted by Gasteiger charge is 2.50. The molecule has 2 aliphatic rings. The van der Waals surface area contributed by atoms with Crippen molar-refractivity contribution in [3.8, 4) is 11.5 Å². The molecule has 1 saturated carbocycles. The van der Waals surface area contributed by atoms with E-state index in [0.717, 1.165) is 54.0 Å². The second-order valence-corrected chi connectivity index (χ2v) is 9.14. The molecule has 6 nitrogen and oxygen atoms in total. The van der Waals surface area contributed by atoms with E-state index in [4.69, 9.17) is 9.47 Å². The predicted octanol–water partition coefficient (Wildman–Crippen LogP) is 4.32. The molecule has 4 rings (SSSR count). The first-order valence-corrected chi connectivity index (χ1v) is 11.5. The number of ether oxygens (including phenoxy) is 2. The van der Waals surface area contributed by atoms with Crippen LogP contribution in [0.3, 0.4) is 0 Å². The summed E-state index contributed by atoms with van der Waals surface area (Å²) in [7, 11) is 3.31. The topological polar surface area (TPSA) is 71.0 Å². The lowest BCUT2D eigenvalue weighted by Gasteiger charge is -2.52. The summed E-state index contributed by atoms with van der Waals surface area (Å²) < 4.78 is 11.2. The number of fused-ring (bicyclic) bond motifs is 1.